The van der Waals surface area contributed by atoms with Crippen LogP contribution in [0, 0.1) is 0 Å². The summed E-state index contributed by atoms with van der Waals surface area (Å²) in [6.07, 6.45) is 0.977. The second-order valence-electron chi connectivity index (χ2n) is 8.05. The summed E-state index contributed by atoms with van der Waals surface area (Å²) in [5.74, 6) is -1.56. The van der Waals surface area contributed by atoms with E-state index in [-0.39, 0.29) is 24.7 Å². The van der Waals surface area contributed by atoms with Crippen molar-refractivity contribution in [1.29, 1.82) is 0 Å². The number of hydrogen-bond acceptors (Lipinski definition) is 6. The fourth-order valence-corrected chi connectivity index (χ4v) is 6.36. The molecule has 2 aromatic rings. The molecule has 0 bridgehead atoms. The molecule has 2 heterocycles. The maximum absolute atomic E-state index is 12.8. The number of carbonyl (C=O) groups excluding carboxylic acids is 2. The topological polar surface area (TPSA) is 115 Å². The molecular formula is C24H24N2O6S2. The number of fused-ring (bicyclic) bond motifs is 2. The Labute approximate surface area is 204 Å². The van der Waals surface area contributed by atoms with Crippen LogP contribution in [-0.4, -0.2) is 57.6 Å². The maximum atomic E-state index is 12.8. The van der Waals surface area contributed by atoms with Gasteiger partial charge in [-0.1, -0.05) is 58.0 Å². The van der Waals surface area contributed by atoms with Crippen molar-refractivity contribution in [2.24, 2.45) is 0 Å². The van der Waals surface area contributed by atoms with Gasteiger partial charge in [-0.15, -0.1) is 0 Å². The molecule has 8 nitrogen and oxygen atoms in total. The van der Waals surface area contributed by atoms with Gasteiger partial charge in [-0.05, 0) is 23.3 Å². The van der Waals surface area contributed by atoms with Gasteiger partial charge in [-0.2, -0.15) is 0 Å². The van der Waals surface area contributed by atoms with Crippen molar-refractivity contribution in [3.05, 3.63) is 59.7 Å². The van der Waals surface area contributed by atoms with Crippen molar-refractivity contribution in [2.75, 3.05) is 21.3 Å². The summed E-state index contributed by atoms with van der Waals surface area (Å²) in [7, 11) is 2.89. The lowest BCUT2D eigenvalue weighted by molar-refractivity contribution is -0.140. The number of carbonyl (C=O) groups is 4. The number of carboxylic acids is 2. The quantitative estimate of drug-likeness (QED) is 0.398. The van der Waals surface area contributed by atoms with Gasteiger partial charge >= 0.3 is 11.9 Å². The molecule has 2 unspecified atom stereocenters. The van der Waals surface area contributed by atoms with Gasteiger partial charge in [0.15, 0.2) is 0 Å². The van der Waals surface area contributed by atoms with E-state index in [0.29, 0.717) is 35.7 Å². The molecule has 2 atom stereocenters. The van der Waals surface area contributed by atoms with Crippen LogP contribution >= 0.6 is 21.6 Å². The molecule has 0 saturated carbocycles. The first-order valence-electron chi connectivity index (χ1n) is 10.9. The maximum Gasteiger partial charge on any atom is 0.327 e. The summed E-state index contributed by atoms with van der Waals surface area (Å²) >= 11 is 0. The SMILES string of the molecule is O=C(O)C1Cc2ccccc2N1C(=O)CCSSCCC(=O)N1c2ccccc2CC1C(=O)O. The predicted molar refractivity (Wildman–Crippen MR) is 132 cm³/mol. The zero-order chi connectivity index (χ0) is 24.2. The molecule has 0 aromatic heterocycles. The van der Waals surface area contributed by atoms with Crippen LogP contribution in [0.4, 0.5) is 11.4 Å². The van der Waals surface area contributed by atoms with Crippen LogP contribution in [0.5, 0.6) is 0 Å². The van der Waals surface area contributed by atoms with Crippen LogP contribution in [-0.2, 0) is 32.0 Å². The average Bonchev–Trinajstić information content (AvgIpc) is 3.40. The summed E-state index contributed by atoms with van der Waals surface area (Å²) in [5.41, 5.74) is 3.02. The summed E-state index contributed by atoms with van der Waals surface area (Å²) in [4.78, 5) is 51.6. The molecule has 2 amide bonds. The minimum Gasteiger partial charge on any atom is -0.480 e. The Kier molecular flexibility index (Phi) is 7.47. The molecule has 0 saturated heterocycles. The van der Waals surface area contributed by atoms with E-state index in [1.807, 2.05) is 24.3 Å². The van der Waals surface area contributed by atoms with Gasteiger partial charge in [0.25, 0.3) is 0 Å². The number of nitrogens with zero attached hydrogens (tertiary/aromatic N) is 2. The number of benzene rings is 2. The van der Waals surface area contributed by atoms with Gasteiger partial charge in [0.1, 0.15) is 12.1 Å². The first kappa shape index (κ1) is 24.2. The number of anilines is 2. The molecule has 0 aliphatic carbocycles. The first-order valence-corrected chi connectivity index (χ1v) is 13.4. The molecule has 2 aliphatic rings. The lowest BCUT2D eigenvalue weighted by Gasteiger charge is -2.23. The zero-order valence-electron chi connectivity index (χ0n) is 18.3. The van der Waals surface area contributed by atoms with Crippen LogP contribution in [0.3, 0.4) is 0 Å². The molecule has 0 radical (unpaired) electrons. The van der Waals surface area contributed by atoms with Gasteiger partial charge in [-0.25, -0.2) is 9.59 Å². The van der Waals surface area contributed by atoms with Crippen molar-refractivity contribution in [1.82, 2.24) is 0 Å². The van der Waals surface area contributed by atoms with Crippen molar-refractivity contribution in [2.45, 2.75) is 37.8 Å². The molecule has 2 aromatic carbocycles. The zero-order valence-corrected chi connectivity index (χ0v) is 19.9. The first-order chi connectivity index (χ1) is 16.4. The van der Waals surface area contributed by atoms with Gasteiger partial charge in [0.2, 0.25) is 11.8 Å². The van der Waals surface area contributed by atoms with Gasteiger partial charge in [0, 0.05) is 48.6 Å². The number of para-hydroxylation sites is 2. The van der Waals surface area contributed by atoms with Crippen LogP contribution in [0.25, 0.3) is 0 Å². The number of rotatable bonds is 9. The molecule has 0 spiro atoms. The van der Waals surface area contributed by atoms with E-state index >= 15 is 0 Å². The second kappa shape index (κ2) is 10.5. The monoisotopic (exact) mass is 500 g/mol. The lowest BCUT2D eigenvalue weighted by atomic mass is 10.1. The lowest BCUT2D eigenvalue weighted by Crippen LogP contribution is -2.43. The Bertz CT molecular complexity index is 1040. The molecule has 10 heteroatoms. The molecule has 4 rings (SSSR count). The van der Waals surface area contributed by atoms with E-state index in [1.165, 1.54) is 31.4 Å². The summed E-state index contributed by atoms with van der Waals surface area (Å²) in [5, 5.41) is 19.1. The summed E-state index contributed by atoms with van der Waals surface area (Å²) in [6, 6.07) is 12.7. The molecule has 34 heavy (non-hydrogen) atoms. The van der Waals surface area contributed by atoms with Gasteiger partial charge < -0.3 is 10.2 Å². The molecule has 0 fully saturated rings. The summed E-state index contributed by atoms with van der Waals surface area (Å²) < 4.78 is 0. The Morgan fingerprint density at radius 1 is 0.706 bits per heavy atom. The van der Waals surface area contributed by atoms with E-state index in [1.54, 1.807) is 24.3 Å². The fourth-order valence-electron chi connectivity index (χ4n) is 4.40. The highest BCUT2D eigenvalue weighted by molar-refractivity contribution is 8.76. The average molecular weight is 501 g/mol. The van der Waals surface area contributed by atoms with Crippen LogP contribution in [0.15, 0.2) is 48.5 Å². The van der Waals surface area contributed by atoms with Crippen LogP contribution < -0.4 is 9.80 Å². The Hall–Kier alpha value is -2.98. The standard InChI is InChI=1S/C24H24N2O6S2/c27-21(25-17-7-3-1-5-15(17)13-19(25)23(29)30)9-11-33-34-12-10-22(28)26-18-8-4-2-6-16(18)14-20(26)24(31)32/h1-8,19-20H,9-14H2,(H,29,30)(H,31,32). The van der Waals surface area contributed by atoms with Crippen molar-refractivity contribution in [3.8, 4) is 0 Å². The predicted octanol–water partition coefficient (Wildman–Crippen LogP) is 3.23. The minimum atomic E-state index is -1.02. The van der Waals surface area contributed by atoms with E-state index in [4.69, 9.17) is 0 Å². The smallest absolute Gasteiger partial charge is 0.327 e. The Morgan fingerprint density at radius 2 is 1.09 bits per heavy atom. The Balaban J connectivity index is 1.24. The molecule has 2 N–H and O–H groups in total. The summed E-state index contributed by atoms with van der Waals surface area (Å²) in [6.45, 7) is 0. The fraction of sp³-hybridized carbons (Fsp3) is 0.333. The van der Waals surface area contributed by atoms with Crippen LogP contribution in [0.2, 0.25) is 0 Å². The second-order valence-corrected chi connectivity index (χ2v) is 10.7. The third kappa shape index (κ3) is 4.92. The van der Waals surface area contributed by atoms with E-state index < -0.39 is 24.0 Å². The third-order valence-corrected chi connectivity index (χ3v) is 8.35. The van der Waals surface area contributed by atoms with Crippen molar-refractivity contribution < 1.29 is 29.4 Å². The highest BCUT2D eigenvalue weighted by Gasteiger charge is 2.39. The molecule has 178 valence electrons. The van der Waals surface area contributed by atoms with Crippen molar-refractivity contribution in [3.63, 3.8) is 0 Å². The minimum absolute atomic E-state index is 0.185. The van der Waals surface area contributed by atoms with Gasteiger partial charge in [0.05, 0.1) is 0 Å². The van der Waals surface area contributed by atoms with E-state index in [0.717, 1.165) is 11.1 Å². The molecular weight excluding hydrogens is 476 g/mol. The number of hydrogen-bond donors (Lipinski definition) is 2. The highest BCUT2D eigenvalue weighted by Crippen LogP contribution is 2.35. The largest absolute Gasteiger partial charge is 0.480 e. The third-order valence-electron chi connectivity index (χ3n) is 5.94. The van der Waals surface area contributed by atoms with Crippen LogP contribution in [0.1, 0.15) is 24.0 Å². The molecule has 2 aliphatic heterocycles. The van der Waals surface area contributed by atoms with E-state index in [9.17, 15) is 29.4 Å². The van der Waals surface area contributed by atoms with Crippen molar-refractivity contribution >= 4 is 56.7 Å². The Morgan fingerprint density at radius 3 is 1.47 bits per heavy atom. The van der Waals surface area contributed by atoms with E-state index in [2.05, 4.69) is 0 Å². The highest BCUT2D eigenvalue weighted by atomic mass is 33.1. The number of carboxylic acid groups (broad SMARTS) is 2. The number of amides is 2. The van der Waals surface area contributed by atoms with Gasteiger partial charge in [-0.3, -0.25) is 19.4 Å². The number of aliphatic carboxylic acids is 2. The normalized spacial score (nSPS) is 18.5.